The molecule has 0 heterocycles. The van der Waals surface area contributed by atoms with E-state index in [1.54, 1.807) is 31.4 Å². The van der Waals surface area contributed by atoms with Crippen molar-refractivity contribution in [2.75, 3.05) is 13.7 Å². The lowest BCUT2D eigenvalue weighted by molar-refractivity contribution is -0.144. The van der Waals surface area contributed by atoms with Crippen molar-refractivity contribution >= 4 is 18.0 Å². The summed E-state index contributed by atoms with van der Waals surface area (Å²) >= 11 is 0. The smallest absolute Gasteiger partial charge is 0.331 e. The fourth-order valence-corrected chi connectivity index (χ4v) is 1.91. The number of amides is 1. The van der Waals surface area contributed by atoms with Gasteiger partial charge in [0.05, 0.1) is 13.2 Å². The lowest BCUT2D eigenvalue weighted by Gasteiger charge is -2.13. The van der Waals surface area contributed by atoms with Gasteiger partial charge in [-0.3, -0.25) is 4.79 Å². The Kier molecular flexibility index (Phi) is 8.53. The Hall–Kier alpha value is -2.50. The second-order valence-corrected chi connectivity index (χ2v) is 5.89. The molecule has 0 spiro atoms. The van der Waals surface area contributed by atoms with Gasteiger partial charge in [0.2, 0.25) is 0 Å². The third-order valence-corrected chi connectivity index (χ3v) is 3.33. The quantitative estimate of drug-likeness (QED) is 0.548. The molecule has 0 saturated carbocycles. The Bertz CT molecular complexity index is 610. The van der Waals surface area contributed by atoms with Crippen LogP contribution in [0.2, 0.25) is 0 Å². The Labute approximate surface area is 149 Å². The monoisotopic (exact) mass is 349 g/mol. The van der Waals surface area contributed by atoms with E-state index in [4.69, 9.17) is 14.2 Å². The molecule has 6 nitrogen and oxygen atoms in total. The minimum atomic E-state index is -0.583. The number of carbonyl (C=O) groups is 2. The molecule has 1 atom stereocenters. The summed E-state index contributed by atoms with van der Waals surface area (Å²) in [6.45, 7) is 7.42. The number of rotatable bonds is 9. The van der Waals surface area contributed by atoms with Gasteiger partial charge < -0.3 is 19.5 Å². The maximum atomic E-state index is 11.7. The molecular formula is C19H27NO5. The van der Waals surface area contributed by atoms with Crippen LogP contribution >= 0.6 is 0 Å². The number of methoxy groups -OCH3 is 1. The van der Waals surface area contributed by atoms with Crippen molar-refractivity contribution in [2.24, 2.45) is 0 Å². The van der Waals surface area contributed by atoms with E-state index in [0.29, 0.717) is 11.5 Å². The van der Waals surface area contributed by atoms with E-state index in [0.717, 1.165) is 12.0 Å². The van der Waals surface area contributed by atoms with Gasteiger partial charge in [-0.2, -0.15) is 0 Å². The van der Waals surface area contributed by atoms with Gasteiger partial charge >= 0.3 is 5.97 Å². The van der Waals surface area contributed by atoms with Crippen molar-refractivity contribution in [3.05, 3.63) is 29.8 Å². The third kappa shape index (κ3) is 7.74. The molecular weight excluding hydrogens is 322 g/mol. The third-order valence-electron chi connectivity index (χ3n) is 3.33. The summed E-state index contributed by atoms with van der Waals surface area (Å²) in [7, 11) is 1.56. The molecule has 0 aliphatic rings. The van der Waals surface area contributed by atoms with Crippen LogP contribution in [-0.4, -0.2) is 37.7 Å². The first-order chi connectivity index (χ1) is 11.8. The highest BCUT2D eigenvalue weighted by atomic mass is 16.5. The van der Waals surface area contributed by atoms with E-state index in [9.17, 15) is 9.59 Å². The second kappa shape index (κ2) is 10.4. The van der Waals surface area contributed by atoms with Crippen molar-refractivity contribution in [3.63, 3.8) is 0 Å². The molecule has 0 aliphatic carbocycles. The van der Waals surface area contributed by atoms with Crippen LogP contribution in [0.25, 0.3) is 6.08 Å². The molecule has 0 bridgehead atoms. The highest BCUT2D eigenvalue weighted by Crippen LogP contribution is 2.29. The van der Waals surface area contributed by atoms with Crippen molar-refractivity contribution < 1.29 is 23.8 Å². The standard InChI is InChI=1S/C19H27NO5/c1-6-14(4)20-18(21)12-24-19(22)10-8-15-7-9-16(25-13(2)3)17(11-15)23-5/h7-11,13-14H,6,12H2,1-5H3,(H,20,21)/b10-8+/t14-/m0/s1. The van der Waals surface area contributed by atoms with Gasteiger partial charge in [0.15, 0.2) is 18.1 Å². The van der Waals surface area contributed by atoms with E-state index in [2.05, 4.69) is 5.32 Å². The first kappa shape index (κ1) is 20.5. The second-order valence-electron chi connectivity index (χ2n) is 5.89. The van der Waals surface area contributed by atoms with Gasteiger partial charge in [0, 0.05) is 12.1 Å². The first-order valence-electron chi connectivity index (χ1n) is 8.34. The van der Waals surface area contributed by atoms with Crippen LogP contribution in [0.5, 0.6) is 11.5 Å². The molecule has 0 aromatic heterocycles. The number of hydrogen-bond acceptors (Lipinski definition) is 5. The highest BCUT2D eigenvalue weighted by molar-refractivity contribution is 5.89. The molecule has 0 aliphatic heterocycles. The molecule has 1 rings (SSSR count). The van der Waals surface area contributed by atoms with Gasteiger partial charge in [-0.05, 0) is 51.0 Å². The predicted molar refractivity (Wildman–Crippen MR) is 96.6 cm³/mol. The summed E-state index contributed by atoms with van der Waals surface area (Å²) in [6, 6.07) is 5.40. The topological polar surface area (TPSA) is 73.9 Å². The lowest BCUT2D eigenvalue weighted by atomic mass is 10.2. The Morgan fingerprint density at radius 2 is 1.92 bits per heavy atom. The van der Waals surface area contributed by atoms with Crippen LogP contribution < -0.4 is 14.8 Å². The Morgan fingerprint density at radius 1 is 1.20 bits per heavy atom. The maximum Gasteiger partial charge on any atom is 0.331 e. The van der Waals surface area contributed by atoms with E-state index >= 15 is 0 Å². The van der Waals surface area contributed by atoms with Crippen LogP contribution in [0.4, 0.5) is 0 Å². The lowest BCUT2D eigenvalue weighted by Crippen LogP contribution is -2.35. The molecule has 1 aromatic carbocycles. The number of carbonyl (C=O) groups excluding carboxylic acids is 2. The molecule has 0 unspecified atom stereocenters. The van der Waals surface area contributed by atoms with Gasteiger partial charge in [-0.1, -0.05) is 13.0 Å². The molecule has 25 heavy (non-hydrogen) atoms. The van der Waals surface area contributed by atoms with Crippen LogP contribution in [0.15, 0.2) is 24.3 Å². The number of ether oxygens (including phenoxy) is 3. The number of hydrogen-bond donors (Lipinski definition) is 1. The van der Waals surface area contributed by atoms with Gasteiger partial charge in [-0.15, -0.1) is 0 Å². The zero-order chi connectivity index (χ0) is 18.8. The van der Waals surface area contributed by atoms with Crippen molar-refractivity contribution in [1.82, 2.24) is 5.32 Å². The average molecular weight is 349 g/mol. The fraction of sp³-hybridized carbons (Fsp3) is 0.474. The summed E-state index contributed by atoms with van der Waals surface area (Å²) in [5, 5.41) is 2.72. The van der Waals surface area contributed by atoms with Crippen LogP contribution in [0.1, 0.15) is 39.7 Å². The zero-order valence-electron chi connectivity index (χ0n) is 15.5. The summed E-state index contributed by atoms with van der Waals surface area (Å²) in [4.78, 5) is 23.3. The number of esters is 1. The minimum absolute atomic E-state index is 0.0341. The van der Waals surface area contributed by atoms with E-state index in [-0.39, 0.29) is 24.7 Å². The highest BCUT2D eigenvalue weighted by Gasteiger charge is 2.09. The summed E-state index contributed by atoms with van der Waals surface area (Å²) in [5.41, 5.74) is 0.758. The molecule has 1 N–H and O–H groups in total. The Balaban J connectivity index is 2.59. The molecule has 138 valence electrons. The first-order valence-corrected chi connectivity index (χ1v) is 8.34. The summed E-state index contributed by atoms with van der Waals surface area (Å²) in [6.07, 6.45) is 3.72. The largest absolute Gasteiger partial charge is 0.493 e. The minimum Gasteiger partial charge on any atom is -0.493 e. The van der Waals surface area contributed by atoms with E-state index in [1.165, 1.54) is 6.08 Å². The molecule has 6 heteroatoms. The molecule has 0 saturated heterocycles. The molecule has 1 aromatic rings. The molecule has 0 radical (unpaired) electrons. The van der Waals surface area contributed by atoms with Gasteiger partial charge in [0.1, 0.15) is 0 Å². The van der Waals surface area contributed by atoms with Crippen molar-refractivity contribution in [3.8, 4) is 11.5 Å². The van der Waals surface area contributed by atoms with Gasteiger partial charge in [0.25, 0.3) is 5.91 Å². The van der Waals surface area contributed by atoms with Crippen molar-refractivity contribution in [2.45, 2.75) is 46.3 Å². The number of benzene rings is 1. The van der Waals surface area contributed by atoms with E-state index < -0.39 is 5.97 Å². The van der Waals surface area contributed by atoms with Crippen LogP contribution in [0, 0.1) is 0 Å². The maximum absolute atomic E-state index is 11.7. The average Bonchev–Trinajstić information content (AvgIpc) is 2.58. The summed E-state index contributed by atoms with van der Waals surface area (Å²) < 4.78 is 15.8. The summed E-state index contributed by atoms with van der Waals surface area (Å²) in [5.74, 6) is 0.324. The molecule has 0 fully saturated rings. The van der Waals surface area contributed by atoms with Crippen LogP contribution in [-0.2, 0) is 14.3 Å². The Morgan fingerprint density at radius 3 is 2.52 bits per heavy atom. The normalized spacial score (nSPS) is 12.1. The SMILES string of the molecule is CC[C@H](C)NC(=O)COC(=O)/C=C/c1ccc(OC(C)C)c(OC)c1. The van der Waals surface area contributed by atoms with Crippen molar-refractivity contribution in [1.29, 1.82) is 0 Å². The van der Waals surface area contributed by atoms with Crippen LogP contribution in [0.3, 0.4) is 0 Å². The van der Waals surface area contributed by atoms with Gasteiger partial charge in [-0.25, -0.2) is 4.79 Å². The van der Waals surface area contributed by atoms with E-state index in [1.807, 2.05) is 27.7 Å². The predicted octanol–water partition coefficient (Wildman–Crippen LogP) is 2.95. The molecule has 1 amide bonds. The fourth-order valence-electron chi connectivity index (χ4n) is 1.91. The zero-order valence-corrected chi connectivity index (χ0v) is 15.5. The number of nitrogens with one attached hydrogen (secondary N) is 1.